The molecule has 0 aliphatic rings. The van der Waals surface area contributed by atoms with Gasteiger partial charge in [-0.25, -0.2) is 0 Å². The molecule has 4 aromatic rings. The molecular formula is C30H30O. The monoisotopic (exact) mass is 406 g/mol. The Hall–Kier alpha value is -4.10. The van der Waals surface area contributed by atoms with E-state index in [-0.39, 0.29) is 0 Å². The maximum absolute atomic E-state index is 8.63. The zero-order chi connectivity index (χ0) is 22.6. The van der Waals surface area contributed by atoms with E-state index in [1.54, 1.807) is 24.3 Å². The van der Waals surface area contributed by atoms with Crippen molar-refractivity contribution in [1.29, 1.82) is 0 Å². The Kier molecular flexibility index (Phi) is 13.5. The van der Waals surface area contributed by atoms with Crippen molar-refractivity contribution >= 4 is 18.2 Å². The van der Waals surface area contributed by atoms with Crippen molar-refractivity contribution in [3.8, 4) is 5.75 Å². The van der Waals surface area contributed by atoms with Gasteiger partial charge in [-0.2, -0.15) is 0 Å². The van der Waals surface area contributed by atoms with Crippen LogP contribution in [0.2, 0.25) is 0 Å². The lowest BCUT2D eigenvalue weighted by Gasteiger charge is -1.85. The van der Waals surface area contributed by atoms with Crippen molar-refractivity contribution in [3.63, 3.8) is 0 Å². The first kappa shape index (κ1) is 24.9. The van der Waals surface area contributed by atoms with E-state index in [2.05, 4.69) is 19.7 Å². The van der Waals surface area contributed by atoms with Crippen LogP contribution in [-0.2, 0) is 0 Å². The molecule has 1 heteroatoms. The second kappa shape index (κ2) is 16.8. The normalized spacial score (nSPS) is 8.52. The molecule has 0 aromatic heterocycles. The Labute approximate surface area is 187 Å². The molecule has 31 heavy (non-hydrogen) atoms. The summed E-state index contributed by atoms with van der Waals surface area (Å²) in [6, 6.07) is 38.8. The highest BCUT2D eigenvalue weighted by atomic mass is 16.3. The molecule has 0 saturated heterocycles. The lowest BCUT2D eigenvalue weighted by molar-refractivity contribution is 0.475. The fraction of sp³-hybridized carbons (Fsp3) is 0. The van der Waals surface area contributed by atoms with Gasteiger partial charge in [0, 0.05) is 0 Å². The third-order valence-electron chi connectivity index (χ3n) is 3.86. The number of hydrogen-bond donors (Lipinski definition) is 1. The first-order valence-corrected chi connectivity index (χ1v) is 9.96. The summed E-state index contributed by atoms with van der Waals surface area (Å²) in [4.78, 5) is 0. The Morgan fingerprint density at radius 2 is 0.613 bits per heavy atom. The van der Waals surface area contributed by atoms with Gasteiger partial charge in [-0.05, 0) is 28.8 Å². The molecule has 0 atom stereocenters. The van der Waals surface area contributed by atoms with E-state index in [9.17, 15) is 0 Å². The maximum atomic E-state index is 8.63. The van der Waals surface area contributed by atoms with Crippen LogP contribution in [0.1, 0.15) is 16.7 Å². The average Bonchev–Trinajstić information content (AvgIpc) is 2.87. The largest absolute Gasteiger partial charge is 0.508 e. The summed E-state index contributed by atoms with van der Waals surface area (Å²) >= 11 is 0. The molecule has 4 aromatic carbocycles. The summed E-state index contributed by atoms with van der Waals surface area (Å²) in [7, 11) is 0. The van der Waals surface area contributed by atoms with Crippen molar-refractivity contribution in [3.05, 3.63) is 158 Å². The van der Waals surface area contributed by atoms with Crippen LogP contribution in [-0.4, -0.2) is 5.11 Å². The van der Waals surface area contributed by atoms with Crippen LogP contribution in [0.5, 0.6) is 5.75 Å². The zero-order valence-corrected chi connectivity index (χ0v) is 17.8. The number of phenolic OH excluding ortho intramolecular Hbond substituents is 1. The van der Waals surface area contributed by atoms with E-state index >= 15 is 0 Å². The fourth-order valence-corrected chi connectivity index (χ4v) is 2.20. The third-order valence-corrected chi connectivity index (χ3v) is 3.86. The van der Waals surface area contributed by atoms with E-state index in [0.29, 0.717) is 5.75 Å². The van der Waals surface area contributed by atoms with E-state index < -0.39 is 0 Å². The molecule has 0 radical (unpaired) electrons. The van der Waals surface area contributed by atoms with Crippen LogP contribution in [0, 0.1) is 0 Å². The molecule has 4 rings (SSSR count). The van der Waals surface area contributed by atoms with Crippen molar-refractivity contribution in [2.24, 2.45) is 0 Å². The maximum Gasteiger partial charge on any atom is 0.115 e. The van der Waals surface area contributed by atoms with Gasteiger partial charge in [0.25, 0.3) is 0 Å². The highest BCUT2D eigenvalue weighted by Gasteiger charge is 1.77. The number of para-hydroxylation sites is 1. The van der Waals surface area contributed by atoms with Crippen molar-refractivity contribution < 1.29 is 5.11 Å². The van der Waals surface area contributed by atoms with Crippen molar-refractivity contribution in [2.75, 3.05) is 0 Å². The highest BCUT2D eigenvalue weighted by molar-refractivity contribution is 5.46. The molecule has 0 spiro atoms. The summed E-state index contributed by atoms with van der Waals surface area (Å²) in [5.41, 5.74) is 3.52. The minimum absolute atomic E-state index is 0.322. The summed E-state index contributed by atoms with van der Waals surface area (Å²) < 4.78 is 0. The minimum atomic E-state index is 0.322. The quantitative estimate of drug-likeness (QED) is 0.362. The minimum Gasteiger partial charge on any atom is -0.508 e. The van der Waals surface area contributed by atoms with E-state index in [4.69, 9.17) is 5.11 Å². The van der Waals surface area contributed by atoms with Gasteiger partial charge in [-0.15, -0.1) is 0 Å². The lowest BCUT2D eigenvalue weighted by atomic mass is 10.2. The predicted molar refractivity (Wildman–Crippen MR) is 138 cm³/mol. The molecule has 0 fully saturated rings. The van der Waals surface area contributed by atoms with Crippen molar-refractivity contribution in [2.45, 2.75) is 0 Å². The smallest absolute Gasteiger partial charge is 0.115 e. The predicted octanol–water partition coefficient (Wildman–Crippen LogP) is 8.38. The molecule has 0 bridgehead atoms. The van der Waals surface area contributed by atoms with Crippen LogP contribution >= 0.6 is 0 Å². The summed E-state index contributed by atoms with van der Waals surface area (Å²) in [6.07, 6.45) is 5.50. The van der Waals surface area contributed by atoms with Crippen LogP contribution < -0.4 is 0 Å². The average molecular weight is 407 g/mol. The molecule has 1 N–H and O–H groups in total. The number of benzene rings is 4. The molecule has 156 valence electrons. The van der Waals surface area contributed by atoms with Crippen LogP contribution in [0.25, 0.3) is 18.2 Å². The molecule has 0 heterocycles. The Morgan fingerprint density at radius 1 is 0.387 bits per heavy atom. The van der Waals surface area contributed by atoms with E-state index in [1.807, 2.05) is 115 Å². The number of hydrogen-bond acceptors (Lipinski definition) is 1. The second-order valence-corrected chi connectivity index (χ2v) is 6.18. The number of phenols is 1. The summed E-state index contributed by atoms with van der Waals surface area (Å²) in [5, 5.41) is 8.63. The van der Waals surface area contributed by atoms with E-state index in [0.717, 1.165) is 0 Å². The van der Waals surface area contributed by atoms with Gasteiger partial charge < -0.3 is 5.11 Å². The SMILES string of the molecule is C=Cc1ccccc1.C=Cc1ccccc1.C=Cc1ccccc1.Oc1ccccc1. The molecule has 0 aliphatic heterocycles. The molecule has 0 aliphatic carbocycles. The fourth-order valence-electron chi connectivity index (χ4n) is 2.20. The first-order chi connectivity index (χ1) is 15.2. The van der Waals surface area contributed by atoms with Gasteiger partial charge in [0.1, 0.15) is 5.75 Å². The van der Waals surface area contributed by atoms with Gasteiger partial charge in [0.2, 0.25) is 0 Å². The van der Waals surface area contributed by atoms with Crippen LogP contribution in [0.4, 0.5) is 0 Å². The molecule has 0 saturated carbocycles. The lowest BCUT2D eigenvalue weighted by Crippen LogP contribution is -1.63. The zero-order valence-electron chi connectivity index (χ0n) is 17.8. The Bertz CT molecular complexity index is 856. The molecular weight excluding hydrogens is 376 g/mol. The second-order valence-electron chi connectivity index (χ2n) is 6.18. The molecule has 1 nitrogen and oxygen atoms in total. The van der Waals surface area contributed by atoms with Gasteiger partial charge in [-0.3, -0.25) is 0 Å². The van der Waals surface area contributed by atoms with Gasteiger partial charge in [0.05, 0.1) is 0 Å². The highest BCUT2D eigenvalue weighted by Crippen LogP contribution is 2.03. The van der Waals surface area contributed by atoms with Gasteiger partial charge >= 0.3 is 0 Å². The third kappa shape index (κ3) is 12.9. The summed E-state index contributed by atoms with van der Waals surface area (Å²) in [5.74, 6) is 0.322. The number of rotatable bonds is 3. The van der Waals surface area contributed by atoms with Crippen LogP contribution in [0.15, 0.2) is 141 Å². The summed E-state index contributed by atoms with van der Waals surface area (Å²) in [6.45, 7) is 10.9. The molecule has 0 unspecified atom stereocenters. The van der Waals surface area contributed by atoms with Gasteiger partial charge in [0.15, 0.2) is 0 Å². The topological polar surface area (TPSA) is 20.2 Å². The standard InChI is InChI=1S/3C8H8.C6H6O/c3*1-2-8-6-4-3-5-7-8;7-6-4-2-1-3-5-6/h3*2-7H,1H2;1-5,7H. The van der Waals surface area contributed by atoms with Crippen molar-refractivity contribution in [1.82, 2.24) is 0 Å². The first-order valence-electron chi connectivity index (χ1n) is 9.96. The Morgan fingerprint density at radius 3 is 0.742 bits per heavy atom. The van der Waals surface area contributed by atoms with E-state index in [1.165, 1.54) is 16.7 Å². The molecule has 0 amide bonds. The number of aromatic hydroxyl groups is 1. The van der Waals surface area contributed by atoms with Gasteiger partial charge in [-0.1, -0.05) is 147 Å². The Balaban J connectivity index is 0.000000207. The van der Waals surface area contributed by atoms with Crippen LogP contribution in [0.3, 0.4) is 0 Å².